The highest BCUT2D eigenvalue weighted by Crippen LogP contribution is 2.22. The number of carbonyl (C=O) groups is 1. The molecule has 0 aliphatic carbocycles. The van der Waals surface area contributed by atoms with Crippen molar-refractivity contribution in [1.82, 2.24) is 15.2 Å². The van der Waals surface area contributed by atoms with Crippen LogP contribution < -0.4 is 5.32 Å². The molecule has 1 aromatic heterocycles. The molecular formula is C19H27N3O2. The molecule has 5 heteroatoms. The number of benzene rings is 1. The van der Waals surface area contributed by atoms with Crippen molar-refractivity contribution in [2.75, 3.05) is 26.2 Å². The Kier molecular flexibility index (Phi) is 5.53. The number of hydrogen-bond donors (Lipinski definition) is 3. The van der Waals surface area contributed by atoms with Gasteiger partial charge in [0.05, 0.1) is 12.5 Å². The summed E-state index contributed by atoms with van der Waals surface area (Å²) in [6.07, 6.45) is 4.92. The molecule has 5 nitrogen and oxygen atoms in total. The smallest absolute Gasteiger partial charge is 0.224 e. The van der Waals surface area contributed by atoms with Gasteiger partial charge in [0, 0.05) is 36.7 Å². The zero-order valence-electron chi connectivity index (χ0n) is 14.3. The van der Waals surface area contributed by atoms with Gasteiger partial charge in [-0.25, -0.2) is 0 Å². The minimum Gasteiger partial charge on any atom is -0.393 e. The number of aryl methyl sites for hydroxylation is 1. The normalized spacial score (nSPS) is 16.6. The molecule has 1 aliphatic rings. The van der Waals surface area contributed by atoms with Crippen LogP contribution in [0.3, 0.4) is 0 Å². The first-order valence-corrected chi connectivity index (χ1v) is 8.86. The van der Waals surface area contributed by atoms with Gasteiger partial charge < -0.3 is 20.3 Å². The number of hydrogen-bond acceptors (Lipinski definition) is 3. The third kappa shape index (κ3) is 4.16. The number of rotatable bonds is 6. The van der Waals surface area contributed by atoms with E-state index in [1.807, 2.05) is 18.3 Å². The number of aliphatic hydroxyl groups excluding tert-OH is 1. The molecule has 1 aliphatic heterocycles. The molecule has 24 heavy (non-hydrogen) atoms. The molecule has 0 saturated carbocycles. The Hall–Kier alpha value is -1.85. The lowest BCUT2D eigenvalue weighted by molar-refractivity contribution is -0.120. The van der Waals surface area contributed by atoms with E-state index in [-0.39, 0.29) is 12.0 Å². The maximum absolute atomic E-state index is 12.2. The number of H-pyrrole nitrogens is 1. The van der Waals surface area contributed by atoms with E-state index < -0.39 is 0 Å². The van der Waals surface area contributed by atoms with Crippen LogP contribution in [0, 0.1) is 6.92 Å². The number of aliphatic hydroxyl groups is 1. The van der Waals surface area contributed by atoms with Crippen molar-refractivity contribution >= 4 is 16.8 Å². The molecule has 2 aromatic rings. The van der Waals surface area contributed by atoms with Crippen molar-refractivity contribution in [3.8, 4) is 0 Å². The van der Waals surface area contributed by atoms with Crippen molar-refractivity contribution in [3.05, 3.63) is 35.5 Å². The molecule has 0 atom stereocenters. The summed E-state index contributed by atoms with van der Waals surface area (Å²) in [5, 5.41) is 13.7. The van der Waals surface area contributed by atoms with Gasteiger partial charge in [-0.2, -0.15) is 0 Å². The number of fused-ring (bicyclic) bond motifs is 1. The molecule has 130 valence electrons. The van der Waals surface area contributed by atoms with Crippen molar-refractivity contribution in [2.45, 2.75) is 38.7 Å². The van der Waals surface area contributed by atoms with Crippen LogP contribution in [0.4, 0.5) is 0 Å². The Morgan fingerprint density at radius 2 is 2.17 bits per heavy atom. The number of piperidine rings is 1. The minimum absolute atomic E-state index is 0.0771. The molecule has 1 saturated heterocycles. The standard InChI is InChI=1S/C19H27N3O2/c1-14-4-2-5-17-19(14)15(13-21-17)12-18(24)20-8-3-9-22-10-6-16(23)7-11-22/h2,4-5,13,16,21,23H,3,6-12H2,1H3,(H,20,24). The van der Waals surface area contributed by atoms with Gasteiger partial charge in [-0.05, 0) is 49.9 Å². The number of nitrogens with zero attached hydrogens (tertiary/aromatic N) is 1. The maximum atomic E-state index is 12.2. The van der Waals surface area contributed by atoms with Crippen LogP contribution in [0.15, 0.2) is 24.4 Å². The first-order chi connectivity index (χ1) is 11.6. The SMILES string of the molecule is Cc1cccc2[nH]cc(CC(=O)NCCCN3CCC(O)CC3)c12. The molecular weight excluding hydrogens is 302 g/mol. The van der Waals surface area contributed by atoms with Crippen LogP contribution in [-0.2, 0) is 11.2 Å². The Bertz CT molecular complexity index is 687. The van der Waals surface area contributed by atoms with E-state index in [4.69, 9.17) is 0 Å². The van der Waals surface area contributed by atoms with Crippen LogP contribution in [0.25, 0.3) is 10.9 Å². The molecule has 0 radical (unpaired) electrons. The molecule has 2 heterocycles. The summed E-state index contributed by atoms with van der Waals surface area (Å²) in [6, 6.07) is 6.14. The molecule has 3 rings (SSSR count). The molecule has 3 N–H and O–H groups in total. The minimum atomic E-state index is -0.124. The zero-order valence-corrected chi connectivity index (χ0v) is 14.3. The van der Waals surface area contributed by atoms with Crippen LogP contribution in [-0.4, -0.2) is 53.2 Å². The third-order valence-electron chi connectivity index (χ3n) is 4.88. The Morgan fingerprint density at radius 3 is 2.96 bits per heavy atom. The zero-order chi connectivity index (χ0) is 16.9. The van der Waals surface area contributed by atoms with Gasteiger partial charge in [-0.15, -0.1) is 0 Å². The van der Waals surface area contributed by atoms with Gasteiger partial charge in [0.25, 0.3) is 0 Å². The largest absolute Gasteiger partial charge is 0.393 e. The topological polar surface area (TPSA) is 68.4 Å². The number of aromatic amines is 1. The lowest BCUT2D eigenvalue weighted by Gasteiger charge is -2.29. The van der Waals surface area contributed by atoms with Gasteiger partial charge >= 0.3 is 0 Å². The summed E-state index contributed by atoms with van der Waals surface area (Å²) in [5.74, 6) is 0.0771. The predicted molar refractivity (Wildman–Crippen MR) is 96.0 cm³/mol. The highest BCUT2D eigenvalue weighted by molar-refractivity contribution is 5.90. The Balaban J connectivity index is 1.42. The summed E-state index contributed by atoms with van der Waals surface area (Å²) in [4.78, 5) is 17.8. The first kappa shape index (κ1) is 17.0. The van der Waals surface area contributed by atoms with E-state index in [1.54, 1.807) is 0 Å². The monoisotopic (exact) mass is 329 g/mol. The van der Waals surface area contributed by atoms with Crippen LogP contribution >= 0.6 is 0 Å². The fraction of sp³-hybridized carbons (Fsp3) is 0.526. The quantitative estimate of drug-likeness (QED) is 0.710. The van der Waals surface area contributed by atoms with Crippen LogP contribution in [0.1, 0.15) is 30.4 Å². The second-order valence-electron chi connectivity index (χ2n) is 6.76. The van der Waals surface area contributed by atoms with E-state index in [0.717, 1.165) is 50.0 Å². The van der Waals surface area contributed by atoms with Gasteiger partial charge in [0.2, 0.25) is 5.91 Å². The maximum Gasteiger partial charge on any atom is 0.224 e. The summed E-state index contributed by atoms with van der Waals surface area (Å²) >= 11 is 0. The van der Waals surface area contributed by atoms with Gasteiger partial charge in [0.1, 0.15) is 0 Å². The van der Waals surface area contributed by atoms with E-state index >= 15 is 0 Å². The average molecular weight is 329 g/mol. The lowest BCUT2D eigenvalue weighted by Crippen LogP contribution is -2.37. The lowest BCUT2D eigenvalue weighted by atomic mass is 10.1. The number of carbonyl (C=O) groups excluding carboxylic acids is 1. The van der Waals surface area contributed by atoms with Crippen molar-refractivity contribution in [3.63, 3.8) is 0 Å². The second kappa shape index (κ2) is 7.81. The Labute approximate surface area is 143 Å². The van der Waals surface area contributed by atoms with E-state index in [2.05, 4.69) is 28.2 Å². The molecule has 1 aromatic carbocycles. The van der Waals surface area contributed by atoms with Gasteiger partial charge in [0.15, 0.2) is 0 Å². The average Bonchev–Trinajstić information content (AvgIpc) is 2.97. The number of aromatic nitrogens is 1. The molecule has 0 bridgehead atoms. The summed E-state index contributed by atoms with van der Waals surface area (Å²) < 4.78 is 0. The van der Waals surface area contributed by atoms with Crippen LogP contribution in [0.2, 0.25) is 0 Å². The first-order valence-electron chi connectivity index (χ1n) is 8.86. The summed E-state index contributed by atoms with van der Waals surface area (Å²) in [7, 11) is 0. The van der Waals surface area contributed by atoms with Crippen LogP contribution in [0.5, 0.6) is 0 Å². The van der Waals surface area contributed by atoms with Gasteiger partial charge in [-0.3, -0.25) is 4.79 Å². The predicted octanol–water partition coefficient (Wildman–Crippen LogP) is 1.98. The van der Waals surface area contributed by atoms with Crippen molar-refractivity contribution < 1.29 is 9.90 Å². The third-order valence-corrected chi connectivity index (χ3v) is 4.88. The fourth-order valence-electron chi connectivity index (χ4n) is 3.50. The molecule has 0 unspecified atom stereocenters. The molecule has 1 fully saturated rings. The molecule has 1 amide bonds. The second-order valence-corrected chi connectivity index (χ2v) is 6.76. The van der Waals surface area contributed by atoms with E-state index in [9.17, 15) is 9.90 Å². The van der Waals surface area contributed by atoms with Crippen molar-refractivity contribution in [1.29, 1.82) is 0 Å². The highest BCUT2D eigenvalue weighted by atomic mass is 16.3. The van der Waals surface area contributed by atoms with E-state index in [0.29, 0.717) is 13.0 Å². The fourth-order valence-corrected chi connectivity index (χ4v) is 3.50. The Morgan fingerprint density at radius 1 is 1.38 bits per heavy atom. The number of likely N-dealkylation sites (tertiary alicyclic amines) is 1. The number of amides is 1. The highest BCUT2D eigenvalue weighted by Gasteiger charge is 2.16. The van der Waals surface area contributed by atoms with Gasteiger partial charge in [-0.1, -0.05) is 12.1 Å². The summed E-state index contributed by atoms with van der Waals surface area (Å²) in [6.45, 7) is 5.69. The molecule has 0 spiro atoms. The van der Waals surface area contributed by atoms with E-state index in [1.165, 1.54) is 10.9 Å². The number of nitrogens with one attached hydrogen (secondary N) is 2. The summed E-state index contributed by atoms with van der Waals surface area (Å²) in [5.41, 5.74) is 3.35. The van der Waals surface area contributed by atoms with Crippen molar-refractivity contribution in [2.24, 2.45) is 0 Å².